The average molecular weight is 265 g/mol. The number of ether oxygens (including phenoxy) is 1. The minimum absolute atomic E-state index is 0.0104. The molecule has 1 aromatic rings. The topological polar surface area (TPSA) is 65.2 Å². The van der Waals surface area contributed by atoms with Gasteiger partial charge in [0.1, 0.15) is 0 Å². The third-order valence-electron chi connectivity index (χ3n) is 2.13. The van der Waals surface area contributed by atoms with Gasteiger partial charge in [-0.15, -0.1) is 0 Å². The molecule has 2 N–H and O–H groups in total. The number of rotatable bonds is 4. The molecule has 0 aliphatic carbocycles. The summed E-state index contributed by atoms with van der Waals surface area (Å²) in [6.45, 7) is 0.0104. The molecule has 0 saturated carbocycles. The van der Waals surface area contributed by atoms with Gasteiger partial charge in [0, 0.05) is 12.1 Å². The monoisotopic (exact) mass is 264 g/mol. The second kappa shape index (κ2) is 5.88. The van der Waals surface area contributed by atoms with Crippen molar-refractivity contribution in [3.63, 3.8) is 0 Å². The van der Waals surface area contributed by atoms with Gasteiger partial charge in [-0.05, 0) is 6.07 Å². The van der Waals surface area contributed by atoms with Gasteiger partial charge in [-0.25, -0.2) is 8.78 Å². The van der Waals surface area contributed by atoms with E-state index >= 15 is 0 Å². The van der Waals surface area contributed by atoms with Crippen molar-refractivity contribution < 1.29 is 18.3 Å². The largest absolute Gasteiger partial charge is 0.469 e. The summed E-state index contributed by atoms with van der Waals surface area (Å²) in [7, 11) is 1.17. The summed E-state index contributed by atoms with van der Waals surface area (Å²) >= 11 is 5.72. The SMILES string of the molecule is COC(=O)Cc1nc(CN)c(Cl)cc1C(F)F. The Labute approximate surface area is 102 Å². The van der Waals surface area contributed by atoms with Gasteiger partial charge in [0.25, 0.3) is 6.43 Å². The number of carbonyl (C=O) groups is 1. The van der Waals surface area contributed by atoms with Gasteiger partial charge >= 0.3 is 5.97 Å². The molecule has 0 saturated heterocycles. The van der Waals surface area contributed by atoms with Crippen LogP contribution in [0.5, 0.6) is 0 Å². The maximum Gasteiger partial charge on any atom is 0.311 e. The van der Waals surface area contributed by atoms with E-state index in [2.05, 4.69) is 9.72 Å². The maximum absolute atomic E-state index is 12.7. The van der Waals surface area contributed by atoms with E-state index in [1.807, 2.05) is 0 Å². The van der Waals surface area contributed by atoms with Crippen LogP contribution in [-0.2, 0) is 22.5 Å². The Morgan fingerprint density at radius 3 is 2.71 bits per heavy atom. The summed E-state index contributed by atoms with van der Waals surface area (Å²) in [5, 5.41) is 0.0661. The van der Waals surface area contributed by atoms with Crippen LogP contribution < -0.4 is 5.73 Å². The summed E-state index contributed by atoms with van der Waals surface area (Å²) in [4.78, 5) is 14.9. The lowest BCUT2D eigenvalue weighted by atomic mass is 10.1. The number of hydrogen-bond acceptors (Lipinski definition) is 4. The summed E-state index contributed by atoms with van der Waals surface area (Å²) in [6, 6.07) is 1.08. The smallest absolute Gasteiger partial charge is 0.311 e. The fourth-order valence-electron chi connectivity index (χ4n) is 1.27. The molecule has 1 rings (SSSR count). The molecule has 0 aliphatic rings. The van der Waals surface area contributed by atoms with Crippen molar-refractivity contribution >= 4 is 17.6 Å². The second-order valence-corrected chi connectivity index (χ2v) is 3.62. The Kier molecular flexibility index (Phi) is 4.77. The molecule has 17 heavy (non-hydrogen) atoms. The first kappa shape index (κ1) is 13.8. The number of nitrogens with zero attached hydrogens (tertiary/aromatic N) is 1. The average Bonchev–Trinajstić information content (AvgIpc) is 2.30. The first-order valence-corrected chi connectivity index (χ1v) is 5.10. The van der Waals surface area contributed by atoms with Crippen LogP contribution in [0, 0.1) is 0 Å². The van der Waals surface area contributed by atoms with E-state index in [1.54, 1.807) is 0 Å². The lowest BCUT2D eigenvalue weighted by Crippen LogP contribution is -2.12. The van der Waals surface area contributed by atoms with Crippen LogP contribution in [0.1, 0.15) is 23.4 Å². The van der Waals surface area contributed by atoms with Crippen molar-refractivity contribution in [2.24, 2.45) is 5.73 Å². The number of pyridine rings is 1. The van der Waals surface area contributed by atoms with Crippen LogP contribution in [-0.4, -0.2) is 18.1 Å². The van der Waals surface area contributed by atoms with E-state index in [9.17, 15) is 13.6 Å². The highest BCUT2D eigenvalue weighted by molar-refractivity contribution is 6.31. The molecule has 0 aliphatic heterocycles. The van der Waals surface area contributed by atoms with E-state index in [-0.39, 0.29) is 34.9 Å². The van der Waals surface area contributed by atoms with Crippen molar-refractivity contribution in [1.82, 2.24) is 4.98 Å². The molecule has 0 unspecified atom stereocenters. The van der Waals surface area contributed by atoms with E-state index in [0.29, 0.717) is 0 Å². The molecule has 0 amide bonds. The summed E-state index contributed by atoms with van der Waals surface area (Å²) in [6.07, 6.45) is -3.09. The fourth-order valence-corrected chi connectivity index (χ4v) is 1.50. The number of halogens is 3. The minimum atomic E-state index is -2.76. The zero-order valence-corrected chi connectivity index (χ0v) is 9.80. The highest BCUT2D eigenvalue weighted by Crippen LogP contribution is 2.27. The molecular formula is C10H11ClF2N2O2. The van der Waals surface area contributed by atoms with Crippen LogP contribution in [0.4, 0.5) is 8.78 Å². The Morgan fingerprint density at radius 1 is 1.59 bits per heavy atom. The van der Waals surface area contributed by atoms with Crippen LogP contribution in [0.25, 0.3) is 0 Å². The molecule has 4 nitrogen and oxygen atoms in total. The highest BCUT2D eigenvalue weighted by atomic mass is 35.5. The summed E-state index contributed by atoms with van der Waals surface area (Å²) in [5.41, 5.74) is 5.20. The summed E-state index contributed by atoms with van der Waals surface area (Å²) < 4.78 is 29.8. The van der Waals surface area contributed by atoms with Crippen molar-refractivity contribution in [1.29, 1.82) is 0 Å². The van der Waals surface area contributed by atoms with Gasteiger partial charge in [0.2, 0.25) is 0 Å². The number of esters is 1. The Balaban J connectivity index is 3.19. The van der Waals surface area contributed by atoms with Gasteiger partial charge < -0.3 is 10.5 Å². The molecular weight excluding hydrogens is 254 g/mol. The third kappa shape index (κ3) is 3.34. The maximum atomic E-state index is 12.7. The second-order valence-electron chi connectivity index (χ2n) is 3.21. The minimum Gasteiger partial charge on any atom is -0.469 e. The predicted molar refractivity (Wildman–Crippen MR) is 57.8 cm³/mol. The van der Waals surface area contributed by atoms with Crippen LogP contribution in [0.15, 0.2) is 6.07 Å². The van der Waals surface area contributed by atoms with Crippen LogP contribution in [0.2, 0.25) is 5.02 Å². The molecule has 0 fully saturated rings. The number of carbonyl (C=O) groups excluding carboxylic acids is 1. The highest BCUT2D eigenvalue weighted by Gasteiger charge is 2.19. The molecule has 0 aromatic carbocycles. The van der Waals surface area contributed by atoms with E-state index in [1.165, 1.54) is 7.11 Å². The van der Waals surface area contributed by atoms with Crippen LogP contribution >= 0.6 is 11.6 Å². The van der Waals surface area contributed by atoms with Crippen molar-refractivity contribution in [3.05, 3.63) is 28.0 Å². The number of aromatic nitrogens is 1. The molecule has 94 valence electrons. The molecule has 0 atom stereocenters. The first-order valence-electron chi connectivity index (χ1n) is 4.72. The molecule has 7 heteroatoms. The van der Waals surface area contributed by atoms with Crippen molar-refractivity contribution in [2.45, 2.75) is 19.4 Å². The standard InChI is InChI=1S/C10H11ClF2N2O2/c1-17-9(16)3-7-5(10(12)13)2-6(11)8(4-14)15-7/h2,10H,3-4,14H2,1H3. The van der Waals surface area contributed by atoms with Gasteiger partial charge in [-0.3, -0.25) is 9.78 Å². The normalized spacial score (nSPS) is 10.7. The Bertz CT molecular complexity index is 427. The van der Waals surface area contributed by atoms with Crippen LogP contribution in [0.3, 0.4) is 0 Å². The Hall–Kier alpha value is -1.27. The number of nitrogens with two attached hydrogens (primary N) is 1. The van der Waals surface area contributed by atoms with Gasteiger partial charge in [0.15, 0.2) is 0 Å². The number of methoxy groups -OCH3 is 1. The van der Waals surface area contributed by atoms with E-state index in [0.717, 1.165) is 6.07 Å². The van der Waals surface area contributed by atoms with Crippen molar-refractivity contribution in [3.8, 4) is 0 Å². The molecule has 0 bridgehead atoms. The lowest BCUT2D eigenvalue weighted by Gasteiger charge is -2.10. The van der Waals surface area contributed by atoms with E-state index in [4.69, 9.17) is 17.3 Å². The Morgan fingerprint density at radius 2 is 2.24 bits per heavy atom. The fraction of sp³-hybridized carbons (Fsp3) is 0.400. The van der Waals surface area contributed by atoms with Gasteiger partial charge in [0.05, 0.1) is 29.9 Å². The van der Waals surface area contributed by atoms with Crippen molar-refractivity contribution in [2.75, 3.05) is 7.11 Å². The zero-order chi connectivity index (χ0) is 13.0. The molecule has 1 aromatic heterocycles. The first-order chi connectivity index (χ1) is 7.99. The summed E-state index contributed by atoms with van der Waals surface area (Å²) in [5.74, 6) is -0.648. The third-order valence-corrected chi connectivity index (χ3v) is 2.46. The molecule has 0 spiro atoms. The van der Waals surface area contributed by atoms with Gasteiger partial charge in [-0.1, -0.05) is 11.6 Å². The van der Waals surface area contributed by atoms with Gasteiger partial charge in [-0.2, -0.15) is 0 Å². The molecule has 0 radical (unpaired) electrons. The quantitative estimate of drug-likeness (QED) is 0.843. The predicted octanol–water partition coefficient (Wildman–Crippen LogP) is 1.85. The number of hydrogen-bond donors (Lipinski definition) is 1. The number of alkyl halides is 2. The lowest BCUT2D eigenvalue weighted by molar-refractivity contribution is -0.139. The molecule has 1 heterocycles. The van der Waals surface area contributed by atoms with E-state index < -0.39 is 12.4 Å². The zero-order valence-electron chi connectivity index (χ0n) is 9.04.